The molecule has 1 heterocycles. The minimum Gasteiger partial charge on any atom is -0.315 e. The van der Waals surface area contributed by atoms with Crippen LogP contribution in [0.15, 0.2) is 79.0 Å². The molecule has 4 rings (SSSR count). The van der Waals surface area contributed by atoms with Gasteiger partial charge in [-0.2, -0.15) is 0 Å². The van der Waals surface area contributed by atoms with Crippen molar-refractivity contribution in [2.24, 2.45) is 0 Å². The molecule has 0 fully saturated rings. The Bertz CT molecular complexity index is 1090. The first kappa shape index (κ1) is 15.4. The molecule has 0 spiro atoms. The van der Waals surface area contributed by atoms with Gasteiger partial charge in [0.05, 0.1) is 21.0 Å². The van der Waals surface area contributed by atoms with Crippen LogP contribution in [0, 0.1) is 10.1 Å². The molecule has 1 aromatic heterocycles. The summed E-state index contributed by atoms with van der Waals surface area (Å²) >= 11 is 6.55. The second-order valence-electron chi connectivity index (χ2n) is 5.69. The van der Waals surface area contributed by atoms with E-state index in [2.05, 4.69) is 0 Å². The zero-order chi connectivity index (χ0) is 17.4. The molecular formula is C20H13ClN2O2. The summed E-state index contributed by atoms with van der Waals surface area (Å²) < 4.78 is 2.01. The number of nitro benzene ring substituents is 1. The highest BCUT2D eigenvalue weighted by molar-refractivity contribution is 6.35. The molecule has 0 N–H and O–H groups in total. The average molecular weight is 349 g/mol. The maximum Gasteiger partial charge on any atom is 0.277 e. The van der Waals surface area contributed by atoms with E-state index in [1.807, 2.05) is 53.2 Å². The highest BCUT2D eigenvalue weighted by Gasteiger charge is 2.17. The lowest BCUT2D eigenvalue weighted by Gasteiger charge is -2.09. The van der Waals surface area contributed by atoms with Gasteiger partial charge in [-0.1, -0.05) is 41.9 Å². The Balaban J connectivity index is 1.92. The molecule has 0 amide bonds. The summed E-state index contributed by atoms with van der Waals surface area (Å²) in [5.41, 5.74) is 3.26. The maximum absolute atomic E-state index is 11.3. The molecule has 122 valence electrons. The van der Waals surface area contributed by atoms with Gasteiger partial charge in [0, 0.05) is 23.3 Å². The van der Waals surface area contributed by atoms with Gasteiger partial charge in [0.2, 0.25) is 0 Å². The number of aromatic nitrogens is 1. The topological polar surface area (TPSA) is 48.1 Å². The van der Waals surface area contributed by atoms with E-state index in [0.29, 0.717) is 10.6 Å². The summed E-state index contributed by atoms with van der Waals surface area (Å²) in [4.78, 5) is 10.9. The van der Waals surface area contributed by atoms with Crippen LogP contribution in [0.2, 0.25) is 5.02 Å². The summed E-state index contributed by atoms with van der Waals surface area (Å²) in [6.07, 6.45) is 1.95. The molecule has 3 aromatic carbocycles. The van der Waals surface area contributed by atoms with Crippen molar-refractivity contribution in [3.63, 3.8) is 0 Å². The van der Waals surface area contributed by atoms with Crippen molar-refractivity contribution < 1.29 is 4.92 Å². The third-order valence-corrected chi connectivity index (χ3v) is 4.47. The fraction of sp³-hybridized carbons (Fsp3) is 0. The van der Waals surface area contributed by atoms with E-state index in [1.165, 1.54) is 6.07 Å². The largest absolute Gasteiger partial charge is 0.315 e. The molecule has 0 unspecified atom stereocenters. The highest BCUT2D eigenvalue weighted by Crippen LogP contribution is 2.36. The Labute approximate surface area is 149 Å². The standard InChI is InChI=1S/C20H13ClN2O2/c21-18-13-15(17-8-4-5-9-19(17)23(24)25)12-14-10-11-22(20(14)18)16-6-2-1-3-7-16/h1-13H. The number of para-hydroxylation sites is 2. The van der Waals surface area contributed by atoms with Crippen LogP contribution in [-0.2, 0) is 0 Å². The summed E-state index contributed by atoms with van der Waals surface area (Å²) in [6.45, 7) is 0. The number of hydrogen-bond donors (Lipinski definition) is 0. The van der Waals surface area contributed by atoms with Crippen molar-refractivity contribution >= 4 is 28.2 Å². The van der Waals surface area contributed by atoms with Gasteiger partial charge < -0.3 is 4.57 Å². The van der Waals surface area contributed by atoms with Crippen LogP contribution in [-0.4, -0.2) is 9.49 Å². The summed E-state index contributed by atoms with van der Waals surface area (Å²) in [5, 5.41) is 12.8. The van der Waals surface area contributed by atoms with E-state index >= 15 is 0 Å². The van der Waals surface area contributed by atoms with Gasteiger partial charge in [0.15, 0.2) is 0 Å². The van der Waals surface area contributed by atoms with Gasteiger partial charge >= 0.3 is 0 Å². The van der Waals surface area contributed by atoms with Crippen LogP contribution in [0.3, 0.4) is 0 Å². The first-order valence-electron chi connectivity index (χ1n) is 7.75. The molecule has 0 radical (unpaired) electrons. The van der Waals surface area contributed by atoms with Crippen molar-refractivity contribution in [3.8, 4) is 16.8 Å². The maximum atomic E-state index is 11.3. The molecule has 4 aromatic rings. The third kappa shape index (κ3) is 2.66. The van der Waals surface area contributed by atoms with Crippen LogP contribution in [0.5, 0.6) is 0 Å². The number of rotatable bonds is 3. The van der Waals surface area contributed by atoms with Gasteiger partial charge in [0.1, 0.15) is 0 Å². The van der Waals surface area contributed by atoms with Gasteiger partial charge in [-0.3, -0.25) is 10.1 Å². The number of nitrogens with zero attached hydrogens (tertiary/aromatic N) is 2. The van der Waals surface area contributed by atoms with E-state index < -0.39 is 0 Å². The Kier molecular flexibility index (Phi) is 3.75. The fourth-order valence-corrected chi connectivity index (χ4v) is 3.38. The molecular weight excluding hydrogens is 336 g/mol. The van der Waals surface area contributed by atoms with E-state index in [0.717, 1.165) is 22.2 Å². The van der Waals surface area contributed by atoms with Gasteiger partial charge in [-0.15, -0.1) is 0 Å². The Morgan fingerprint density at radius 1 is 0.920 bits per heavy atom. The number of benzene rings is 3. The average Bonchev–Trinajstić information content (AvgIpc) is 3.07. The minimum atomic E-state index is -0.372. The lowest BCUT2D eigenvalue weighted by Crippen LogP contribution is -1.93. The SMILES string of the molecule is O=[N+]([O-])c1ccccc1-c1cc(Cl)c2c(ccn2-c2ccccc2)c1. The molecule has 0 aliphatic carbocycles. The molecule has 25 heavy (non-hydrogen) atoms. The number of hydrogen-bond acceptors (Lipinski definition) is 2. The van der Waals surface area contributed by atoms with Crippen LogP contribution in [0.25, 0.3) is 27.7 Å². The number of nitro groups is 1. The molecule has 0 aliphatic rings. The van der Waals surface area contributed by atoms with Crippen LogP contribution in [0.4, 0.5) is 5.69 Å². The van der Waals surface area contributed by atoms with Crippen molar-refractivity contribution in [1.82, 2.24) is 4.57 Å². The smallest absolute Gasteiger partial charge is 0.277 e. The third-order valence-electron chi connectivity index (χ3n) is 4.18. The number of fused-ring (bicyclic) bond motifs is 1. The predicted octanol–water partition coefficient (Wildman–Crippen LogP) is 5.86. The van der Waals surface area contributed by atoms with E-state index in [4.69, 9.17) is 11.6 Å². The van der Waals surface area contributed by atoms with Gasteiger partial charge in [-0.05, 0) is 42.0 Å². The Morgan fingerprint density at radius 2 is 1.64 bits per heavy atom. The molecule has 0 aliphatic heterocycles. The number of halogens is 1. The first-order chi connectivity index (χ1) is 12.1. The molecule has 0 atom stereocenters. The van der Waals surface area contributed by atoms with Crippen molar-refractivity contribution in [1.29, 1.82) is 0 Å². The molecule has 0 saturated heterocycles. The van der Waals surface area contributed by atoms with Crippen molar-refractivity contribution in [2.45, 2.75) is 0 Å². The predicted molar refractivity (Wildman–Crippen MR) is 100 cm³/mol. The van der Waals surface area contributed by atoms with E-state index in [1.54, 1.807) is 24.3 Å². The van der Waals surface area contributed by atoms with Crippen LogP contribution >= 0.6 is 11.6 Å². The minimum absolute atomic E-state index is 0.0698. The van der Waals surface area contributed by atoms with Crippen molar-refractivity contribution in [2.75, 3.05) is 0 Å². The Morgan fingerprint density at radius 3 is 2.40 bits per heavy atom. The van der Waals surface area contributed by atoms with Crippen LogP contribution in [0.1, 0.15) is 0 Å². The van der Waals surface area contributed by atoms with Crippen LogP contribution < -0.4 is 0 Å². The second-order valence-corrected chi connectivity index (χ2v) is 6.10. The molecule has 0 bridgehead atoms. The zero-order valence-corrected chi connectivity index (χ0v) is 13.9. The lowest BCUT2D eigenvalue weighted by molar-refractivity contribution is -0.384. The van der Waals surface area contributed by atoms with Crippen molar-refractivity contribution in [3.05, 3.63) is 94.1 Å². The van der Waals surface area contributed by atoms with Gasteiger partial charge in [0.25, 0.3) is 5.69 Å². The summed E-state index contributed by atoms with van der Waals surface area (Å²) in [7, 11) is 0. The zero-order valence-electron chi connectivity index (χ0n) is 13.1. The first-order valence-corrected chi connectivity index (χ1v) is 8.13. The summed E-state index contributed by atoms with van der Waals surface area (Å²) in [5.74, 6) is 0. The normalized spacial score (nSPS) is 10.9. The fourth-order valence-electron chi connectivity index (χ4n) is 3.07. The molecule has 5 heteroatoms. The molecule has 4 nitrogen and oxygen atoms in total. The van der Waals surface area contributed by atoms with E-state index in [-0.39, 0.29) is 10.6 Å². The quantitative estimate of drug-likeness (QED) is 0.344. The Hall–Kier alpha value is -3.11. The highest BCUT2D eigenvalue weighted by atomic mass is 35.5. The lowest BCUT2D eigenvalue weighted by atomic mass is 10.0. The molecule has 0 saturated carbocycles. The summed E-state index contributed by atoms with van der Waals surface area (Å²) in [6, 6.07) is 22.3. The monoisotopic (exact) mass is 348 g/mol. The second kappa shape index (κ2) is 6.07. The van der Waals surface area contributed by atoms with Gasteiger partial charge in [-0.25, -0.2) is 0 Å². The van der Waals surface area contributed by atoms with E-state index in [9.17, 15) is 10.1 Å².